The Hall–Kier alpha value is -1.39. The van der Waals surface area contributed by atoms with Crippen molar-refractivity contribution in [3.05, 3.63) is 38.4 Å². The van der Waals surface area contributed by atoms with E-state index in [1.807, 2.05) is 6.92 Å². The van der Waals surface area contributed by atoms with Crippen LogP contribution in [0.25, 0.3) is 0 Å². The Kier molecular flexibility index (Phi) is 4.40. The summed E-state index contributed by atoms with van der Waals surface area (Å²) >= 11 is 6.47. The largest absolute Gasteiger partial charge is 0.477 e. The summed E-state index contributed by atoms with van der Waals surface area (Å²) in [5, 5.41) is 14.6. The van der Waals surface area contributed by atoms with Crippen molar-refractivity contribution in [1.29, 1.82) is 0 Å². The highest BCUT2D eigenvalue weighted by molar-refractivity contribution is 9.11. The average molecular weight is 439 g/mol. The van der Waals surface area contributed by atoms with E-state index in [9.17, 15) is 13.2 Å². The number of halogens is 2. The summed E-state index contributed by atoms with van der Waals surface area (Å²) in [7, 11) is -3.90. The van der Waals surface area contributed by atoms with Crippen LogP contribution in [0.4, 0.5) is 5.82 Å². The molecular weight excluding hydrogens is 430 g/mol. The van der Waals surface area contributed by atoms with Crippen LogP contribution >= 0.6 is 31.9 Å². The van der Waals surface area contributed by atoms with E-state index in [0.29, 0.717) is 8.95 Å². The van der Waals surface area contributed by atoms with Crippen molar-refractivity contribution in [3.8, 4) is 0 Å². The van der Waals surface area contributed by atoms with Gasteiger partial charge in [0.25, 0.3) is 10.0 Å². The maximum atomic E-state index is 12.3. The lowest BCUT2D eigenvalue weighted by Gasteiger charge is -2.09. The zero-order valence-electron chi connectivity index (χ0n) is 10.5. The van der Waals surface area contributed by atoms with Gasteiger partial charge in [0.1, 0.15) is 10.6 Å². The van der Waals surface area contributed by atoms with Crippen molar-refractivity contribution in [2.45, 2.75) is 11.8 Å². The van der Waals surface area contributed by atoms with Crippen LogP contribution in [0.1, 0.15) is 16.1 Å². The van der Waals surface area contributed by atoms with Crippen LogP contribution in [0, 0.1) is 6.92 Å². The summed E-state index contributed by atoms with van der Waals surface area (Å²) in [4.78, 5) is 10.7. The highest BCUT2D eigenvalue weighted by Gasteiger charge is 2.21. The van der Waals surface area contributed by atoms with Gasteiger partial charge in [0.15, 0.2) is 5.82 Å². The van der Waals surface area contributed by atoms with E-state index in [0.717, 1.165) is 11.6 Å². The van der Waals surface area contributed by atoms with Gasteiger partial charge in [-0.2, -0.15) is 5.10 Å². The number of carboxylic acids is 1. The molecule has 0 atom stereocenters. The molecule has 2 rings (SSSR count). The van der Waals surface area contributed by atoms with E-state index in [1.54, 1.807) is 6.07 Å². The molecule has 0 saturated carbocycles. The normalized spacial score (nSPS) is 11.4. The number of hydrogen-bond acceptors (Lipinski definition) is 4. The lowest BCUT2D eigenvalue weighted by molar-refractivity contribution is 0.0690. The summed E-state index contributed by atoms with van der Waals surface area (Å²) in [6.07, 6.45) is 0. The third-order valence-corrected chi connectivity index (χ3v) is 5.72. The average Bonchev–Trinajstić information content (AvgIpc) is 2.81. The van der Waals surface area contributed by atoms with Crippen LogP contribution in [0.15, 0.2) is 32.0 Å². The maximum Gasteiger partial charge on any atom is 0.353 e. The number of anilines is 1. The van der Waals surface area contributed by atoms with Crippen molar-refractivity contribution < 1.29 is 18.3 Å². The van der Waals surface area contributed by atoms with E-state index in [4.69, 9.17) is 5.11 Å². The van der Waals surface area contributed by atoms with Gasteiger partial charge in [-0.25, -0.2) is 13.2 Å². The Balaban J connectivity index is 2.38. The first-order chi connectivity index (χ1) is 9.70. The van der Waals surface area contributed by atoms with Gasteiger partial charge in [-0.15, -0.1) is 0 Å². The number of aryl methyl sites for hydroxylation is 1. The number of nitrogens with one attached hydrogen (secondary N) is 2. The zero-order valence-corrected chi connectivity index (χ0v) is 14.5. The number of hydrogen-bond donors (Lipinski definition) is 3. The zero-order chi connectivity index (χ0) is 15.8. The van der Waals surface area contributed by atoms with E-state index < -0.39 is 16.0 Å². The number of nitrogens with zero attached hydrogens (tertiary/aromatic N) is 1. The van der Waals surface area contributed by atoms with Crippen LogP contribution in [0.5, 0.6) is 0 Å². The molecule has 0 saturated heterocycles. The van der Waals surface area contributed by atoms with Gasteiger partial charge < -0.3 is 5.11 Å². The quantitative estimate of drug-likeness (QED) is 0.679. The van der Waals surface area contributed by atoms with Crippen LogP contribution in [0.3, 0.4) is 0 Å². The Morgan fingerprint density at radius 3 is 2.52 bits per heavy atom. The van der Waals surface area contributed by atoms with E-state index in [2.05, 4.69) is 46.8 Å². The monoisotopic (exact) mass is 437 g/mol. The predicted octanol–water partition coefficient (Wildman–Crippen LogP) is 2.74. The molecule has 0 aliphatic carbocycles. The number of H-pyrrole nitrogens is 1. The molecule has 1 aromatic carbocycles. The van der Waals surface area contributed by atoms with E-state index in [1.165, 1.54) is 6.07 Å². The fraction of sp³-hybridized carbons (Fsp3) is 0.0909. The minimum Gasteiger partial charge on any atom is -0.477 e. The molecule has 112 valence electrons. The molecule has 0 aliphatic heterocycles. The number of carboxylic acid groups (broad SMARTS) is 1. The molecule has 0 fully saturated rings. The van der Waals surface area contributed by atoms with E-state index in [-0.39, 0.29) is 16.4 Å². The topological polar surface area (TPSA) is 112 Å². The molecule has 2 aromatic rings. The minimum atomic E-state index is -3.90. The van der Waals surface area contributed by atoms with Crippen LogP contribution < -0.4 is 4.72 Å². The maximum absolute atomic E-state index is 12.3. The first-order valence-corrected chi connectivity index (χ1v) is 8.55. The van der Waals surface area contributed by atoms with Gasteiger partial charge in [0, 0.05) is 15.0 Å². The molecule has 0 radical (unpaired) electrons. The number of aromatic nitrogens is 2. The molecular formula is C11H9Br2N3O4S. The third kappa shape index (κ3) is 3.44. The van der Waals surface area contributed by atoms with Crippen molar-refractivity contribution in [3.63, 3.8) is 0 Å². The molecule has 0 amide bonds. The molecule has 0 aliphatic rings. The van der Waals surface area contributed by atoms with Gasteiger partial charge in [0.05, 0.1) is 0 Å². The van der Waals surface area contributed by atoms with Gasteiger partial charge in [-0.05, 0) is 40.5 Å². The van der Waals surface area contributed by atoms with Crippen molar-refractivity contribution in [2.24, 2.45) is 0 Å². The van der Waals surface area contributed by atoms with Gasteiger partial charge in [0.2, 0.25) is 0 Å². The van der Waals surface area contributed by atoms with Gasteiger partial charge in [-0.3, -0.25) is 9.82 Å². The molecule has 21 heavy (non-hydrogen) atoms. The standard InChI is InChI=1S/C11H9Br2N3O4S/c1-5-2-7(13)9(3-6(5)12)21(19,20)16-10-4-8(11(17)18)14-15-10/h2-4H,1H3,(H,17,18)(H2,14,15,16). The number of benzene rings is 1. The lowest BCUT2D eigenvalue weighted by atomic mass is 10.2. The van der Waals surface area contributed by atoms with Crippen molar-refractivity contribution in [1.82, 2.24) is 10.2 Å². The molecule has 0 spiro atoms. The fourth-order valence-corrected chi connectivity index (χ4v) is 4.18. The SMILES string of the molecule is Cc1cc(Br)c(S(=O)(=O)Nc2cc(C(=O)O)[nH]n2)cc1Br. The minimum absolute atomic E-state index is 0.0138. The molecule has 7 nitrogen and oxygen atoms in total. The molecule has 10 heteroatoms. The first kappa shape index (κ1) is 16.0. The highest BCUT2D eigenvalue weighted by Crippen LogP contribution is 2.29. The summed E-state index contributed by atoms with van der Waals surface area (Å²) in [5.74, 6) is -1.33. The van der Waals surface area contributed by atoms with Crippen LogP contribution in [-0.4, -0.2) is 29.7 Å². The predicted molar refractivity (Wildman–Crippen MR) is 82.9 cm³/mol. The van der Waals surface area contributed by atoms with Gasteiger partial charge in [-0.1, -0.05) is 15.9 Å². The van der Waals surface area contributed by atoms with Gasteiger partial charge >= 0.3 is 5.97 Å². The second-order valence-corrected chi connectivity index (χ2v) is 7.47. The highest BCUT2D eigenvalue weighted by atomic mass is 79.9. The fourth-order valence-electron chi connectivity index (χ4n) is 1.51. The lowest BCUT2D eigenvalue weighted by Crippen LogP contribution is -2.14. The second kappa shape index (κ2) is 5.78. The Bertz CT molecular complexity index is 817. The Labute approximate surface area is 137 Å². The smallest absolute Gasteiger partial charge is 0.353 e. The van der Waals surface area contributed by atoms with Crippen molar-refractivity contribution >= 4 is 53.7 Å². The number of aromatic amines is 1. The molecule has 0 unspecified atom stereocenters. The number of sulfonamides is 1. The number of rotatable bonds is 4. The summed E-state index contributed by atoms with van der Waals surface area (Å²) in [5.41, 5.74) is 0.658. The number of carbonyl (C=O) groups is 1. The summed E-state index contributed by atoms with van der Waals surface area (Å²) in [6.45, 7) is 1.82. The van der Waals surface area contributed by atoms with Crippen LogP contribution in [-0.2, 0) is 10.0 Å². The Morgan fingerprint density at radius 2 is 1.95 bits per heavy atom. The summed E-state index contributed by atoms with van der Waals surface area (Å²) in [6, 6.07) is 4.20. The molecule has 1 heterocycles. The van der Waals surface area contributed by atoms with Crippen LogP contribution in [0.2, 0.25) is 0 Å². The molecule has 3 N–H and O–H groups in total. The molecule has 0 bridgehead atoms. The second-order valence-electron chi connectivity index (χ2n) is 4.11. The summed E-state index contributed by atoms with van der Waals surface area (Å²) < 4.78 is 27.8. The van der Waals surface area contributed by atoms with E-state index >= 15 is 0 Å². The Morgan fingerprint density at radius 1 is 1.29 bits per heavy atom. The first-order valence-electron chi connectivity index (χ1n) is 5.48. The number of aromatic carboxylic acids is 1. The third-order valence-electron chi connectivity index (χ3n) is 2.55. The molecule has 1 aromatic heterocycles. The van der Waals surface area contributed by atoms with Crippen molar-refractivity contribution in [2.75, 3.05) is 4.72 Å².